The van der Waals surface area contributed by atoms with E-state index >= 15 is 0 Å². The molecule has 3 heterocycles. The Hall–Kier alpha value is -4.45. The predicted molar refractivity (Wildman–Crippen MR) is 126 cm³/mol. The van der Waals surface area contributed by atoms with Gasteiger partial charge in [0, 0.05) is 30.6 Å². The molecule has 0 fully saturated rings. The Balaban J connectivity index is 1.56. The van der Waals surface area contributed by atoms with Crippen LogP contribution in [0.5, 0.6) is 23.0 Å². The maximum absolute atomic E-state index is 14.3. The van der Waals surface area contributed by atoms with E-state index in [-0.39, 0.29) is 33.8 Å². The Kier molecular flexibility index (Phi) is 6.02. The van der Waals surface area contributed by atoms with Crippen molar-refractivity contribution in [3.63, 3.8) is 0 Å². The molecule has 182 valence electrons. The highest BCUT2D eigenvalue weighted by Gasteiger charge is 2.18. The zero-order valence-corrected chi connectivity index (χ0v) is 19.5. The van der Waals surface area contributed by atoms with Crippen LogP contribution in [0, 0.1) is 11.6 Å². The Labute approximate surface area is 203 Å². The largest absolute Gasteiger partial charge is 0.452 e. The molecule has 0 spiro atoms. The fourth-order valence-corrected chi connectivity index (χ4v) is 4.07. The van der Waals surface area contributed by atoms with Gasteiger partial charge in [0.2, 0.25) is 0 Å². The van der Waals surface area contributed by atoms with Gasteiger partial charge < -0.3 is 14.5 Å². The van der Waals surface area contributed by atoms with Crippen molar-refractivity contribution < 1.29 is 26.7 Å². The van der Waals surface area contributed by atoms with E-state index in [9.17, 15) is 17.2 Å². The maximum Gasteiger partial charge on any atom is 0.195 e. The molecule has 36 heavy (non-hydrogen) atoms. The van der Waals surface area contributed by atoms with Crippen molar-refractivity contribution in [1.82, 2.24) is 24.9 Å². The number of halogens is 2. The number of ether oxygens (including phenoxy) is 2. The molecule has 0 bridgehead atoms. The molecule has 5 rings (SSSR count). The van der Waals surface area contributed by atoms with E-state index in [1.165, 1.54) is 49.9 Å². The molecule has 5 aromatic rings. The van der Waals surface area contributed by atoms with Gasteiger partial charge in [-0.25, -0.2) is 32.2 Å². The first-order valence-corrected chi connectivity index (χ1v) is 12.3. The van der Waals surface area contributed by atoms with Gasteiger partial charge in [-0.15, -0.1) is 0 Å². The lowest BCUT2D eigenvalue weighted by Gasteiger charge is -2.13. The van der Waals surface area contributed by atoms with E-state index in [1.807, 2.05) is 0 Å². The molecular formula is C24H17F2N5O4S. The first-order valence-electron chi connectivity index (χ1n) is 10.6. The second-order valence-electron chi connectivity index (χ2n) is 7.51. The minimum Gasteiger partial charge on any atom is -0.452 e. The van der Waals surface area contributed by atoms with Crippen LogP contribution in [0.15, 0.2) is 72.3 Å². The average molecular weight is 509 g/mol. The van der Waals surface area contributed by atoms with E-state index in [4.69, 9.17) is 9.47 Å². The molecule has 0 aliphatic heterocycles. The maximum atomic E-state index is 14.3. The predicted octanol–water partition coefficient (Wildman–Crippen LogP) is 5.07. The Morgan fingerprint density at radius 2 is 1.75 bits per heavy atom. The molecule has 0 amide bonds. The second kappa shape index (κ2) is 9.30. The smallest absolute Gasteiger partial charge is 0.195 e. The van der Waals surface area contributed by atoms with Crippen molar-refractivity contribution in [2.45, 2.75) is 11.9 Å². The molecule has 0 saturated heterocycles. The van der Waals surface area contributed by atoms with Gasteiger partial charge in [0.15, 0.2) is 43.8 Å². The number of aromatic nitrogens is 5. The molecule has 0 saturated carbocycles. The summed E-state index contributed by atoms with van der Waals surface area (Å²) in [7, 11) is -3.49. The molecule has 0 aliphatic rings. The number of nitrogens with zero attached hydrogens (tertiary/aromatic N) is 4. The van der Waals surface area contributed by atoms with Gasteiger partial charge in [-0.2, -0.15) is 0 Å². The van der Waals surface area contributed by atoms with Gasteiger partial charge in [-0.3, -0.25) is 4.98 Å². The summed E-state index contributed by atoms with van der Waals surface area (Å²) in [5.74, 6) is -1.10. The molecule has 9 nitrogen and oxygen atoms in total. The first kappa shape index (κ1) is 23.3. The molecule has 0 atom stereocenters. The third kappa shape index (κ3) is 4.70. The fourth-order valence-electron chi connectivity index (χ4n) is 3.28. The lowest BCUT2D eigenvalue weighted by Crippen LogP contribution is -2.05. The number of pyridine rings is 1. The summed E-state index contributed by atoms with van der Waals surface area (Å²) in [6.45, 7) is 1.52. The lowest BCUT2D eigenvalue weighted by atomic mass is 10.2. The summed E-state index contributed by atoms with van der Waals surface area (Å²) < 4.78 is 63.4. The Morgan fingerprint density at radius 1 is 0.917 bits per heavy atom. The Bertz CT molecular complexity index is 1660. The minimum atomic E-state index is -3.49. The number of hydrogen-bond acceptors (Lipinski definition) is 8. The summed E-state index contributed by atoms with van der Waals surface area (Å²) in [5.41, 5.74) is 1.51. The highest BCUT2D eigenvalue weighted by molar-refractivity contribution is 7.91. The molecule has 12 heteroatoms. The Morgan fingerprint density at radius 3 is 2.44 bits per heavy atom. The number of sulfone groups is 1. The quantitative estimate of drug-likeness (QED) is 0.323. The minimum absolute atomic E-state index is 0.0791. The summed E-state index contributed by atoms with van der Waals surface area (Å²) in [6, 6.07) is 8.79. The fraction of sp³-hybridized carbons (Fsp3) is 0.0833. The van der Waals surface area contributed by atoms with Gasteiger partial charge in [-0.05, 0) is 24.3 Å². The summed E-state index contributed by atoms with van der Waals surface area (Å²) >= 11 is 0. The topological polar surface area (TPSA) is 120 Å². The zero-order valence-electron chi connectivity index (χ0n) is 18.6. The highest BCUT2D eigenvalue weighted by Crippen LogP contribution is 2.39. The van der Waals surface area contributed by atoms with Gasteiger partial charge in [0.1, 0.15) is 17.3 Å². The number of benzene rings is 2. The number of rotatable bonds is 7. The van der Waals surface area contributed by atoms with Crippen LogP contribution in [0.4, 0.5) is 8.78 Å². The number of hydrogen-bond donors (Lipinski definition) is 1. The average Bonchev–Trinajstić information content (AvgIpc) is 3.29. The third-order valence-corrected chi connectivity index (χ3v) is 6.74. The van der Waals surface area contributed by atoms with Gasteiger partial charge in [-0.1, -0.05) is 6.92 Å². The van der Waals surface area contributed by atoms with Gasteiger partial charge in [0.05, 0.1) is 29.2 Å². The van der Waals surface area contributed by atoms with Crippen molar-refractivity contribution in [1.29, 1.82) is 0 Å². The van der Waals surface area contributed by atoms with Crippen LogP contribution < -0.4 is 9.47 Å². The normalized spacial score (nSPS) is 11.5. The molecular weight excluding hydrogens is 492 g/mol. The molecule has 0 aliphatic carbocycles. The van der Waals surface area contributed by atoms with E-state index in [2.05, 4.69) is 24.9 Å². The van der Waals surface area contributed by atoms with Crippen molar-refractivity contribution in [3.8, 4) is 34.5 Å². The summed E-state index contributed by atoms with van der Waals surface area (Å²) in [5, 5.41) is -0.0835. The van der Waals surface area contributed by atoms with E-state index < -0.39 is 21.5 Å². The van der Waals surface area contributed by atoms with Crippen LogP contribution in [-0.2, 0) is 9.84 Å². The van der Waals surface area contributed by atoms with Crippen molar-refractivity contribution in [2.24, 2.45) is 0 Å². The molecule has 3 aromatic heterocycles. The molecule has 0 radical (unpaired) electrons. The molecule has 1 N–H and O–H groups in total. The van der Waals surface area contributed by atoms with Gasteiger partial charge >= 0.3 is 0 Å². The van der Waals surface area contributed by atoms with Crippen molar-refractivity contribution >= 4 is 20.9 Å². The zero-order chi connectivity index (χ0) is 25.3. The highest BCUT2D eigenvalue weighted by atomic mass is 32.2. The molecule has 0 unspecified atom stereocenters. The lowest BCUT2D eigenvalue weighted by molar-refractivity contribution is 0.400. The van der Waals surface area contributed by atoms with Crippen LogP contribution in [0.2, 0.25) is 0 Å². The van der Waals surface area contributed by atoms with E-state index in [0.29, 0.717) is 28.6 Å². The van der Waals surface area contributed by atoms with E-state index in [0.717, 1.165) is 12.1 Å². The third-order valence-electron chi connectivity index (χ3n) is 5.10. The van der Waals surface area contributed by atoms with E-state index in [1.54, 1.807) is 6.07 Å². The van der Waals surface area contributed by atoms with Crippen LogP contribution in [-0.4, -0.2) is 39.1 Å². The summed E-state index contributed by atoms with van der Waals surface area (Å²) in [6.07, 6.45) is 5.86. The number of aromatic amines is 1. The number of fused-ring (bicyclic) bond motifs is 1. The SMILES string of the molecule is CCS(=O)(=O)c1ccc(Oc2cc3[nH]c(-c4cnccn4)nc3cc2Oc2ccc(F)cc2F)cn1. The van der Waals surface area contributed by atoms with Crippen LogP contribution in [0.1, 0.15) is 6.92 Å². The number of imidazole rings is 1. The number of H-pyrrole nitrogens is 1. The summed E-state index contributed by atoms with van der Waals surface area (Å²) in [4.78, 5) is 19.8. The van der Waals surface area contributed by atoms with Gasteiger partial charge in [0.25, 0.3) is 0 Å². The molecule has 2 aromatic carbocycles. The number of nitrogens with one attached hydrogen (secondary N) is 1. The van der Waals surface area contributed by atoms with Crippen molar-refractivity contribution in [3.05, 3.63) is 78.9 Å². The standard InChI is InChI=1S/C24H17F2N5O4S/c1-2-36(32,33)23-6-4-15(12-29-23)34-21-10-17-18(31-24(30-17)19-13-27-7-8-28-19)11-22(21)35-20-5-3-14(25)9-16(20)26/h3-13H,2H2,1H3,(H,30,31). The second-order valence-corrected chi connectivity index (χ2v) is 9.73. The monoisotopic (exact) mass is 509 g/mol. The van der Waals surface area contributed by atoms with Crippen LogP contribution in [0.3, 0.4) is 0 Å². The van der Waals surface area contributed by atoms with Crippen LogP contribution >= 0.6 is 0 Å². The van der Waals surface area contributed by atoms with Crippen molar-refractivity contribution in [2.75, 3.05) is 5.75 Å². The van der Waals surface area contributed by atoms with Crippen LogP contribution in [0.25, 0.3) is 22.6 Å². The first-order chi connectivity index (χ1) is 17.3.